The molecule has 94 valence electrons. The number of halogens is 3. The predicted molar refractivity (Wildman–Crippen MR) is 67.1 cm³/mol. The number of Topliss-reactive ketones (excluding diaryl/α,β-unsaturated/α-hetero) is 2. The van der Waals surface area contributed by atoms with Gasteiger partial charge in [0, 0.05) is 0 Å². The van der Waals surface area contributed by atoms with Gasteiger partial charge in [0.25, 0.3) is 0 Å². The summed E-state index contributed by atoms with van der Waals surface area (Å²) in [6, 6.07) is 0. The SMILES string of the molecule is CCCCCOC1=C(Cl)C(=O)C(Cl)=C(Cl)C1=O. The van der Waals surface area contributed by atoms with E-state index in [1.54, 1.807) is 0 Å². The first kappa shape index (κ1) is 14.6. The van der Waals surface area contributed by atoms with Gasteiger partial charge in [-0.1, -0.05) is 54.6 Å². The molecule has 0 fully saturated rings. The summed E-state index contributed by atoms with van der Waals surface area (Å²) < 4.78 is 5.20. The first-order valence-corrected chi connectivity index (χ1v) is 6.31. The van der Waals surface area contributed by atoms with Crippen LogP contribution in [0.15, 0.2) is 20.9 Å². The number of hydrogen-bond acceptors (Lipinski definition) is 3. The molecule has 6 heteroatoms. The van der Waals surface area contributed by atoms with Gasteiger partial charge in [0.05, 0.1) is 6.61 Å². The molecule has 0 amide bonds. The van der Waals surface area contributed by atoms with Crippen molar-refractivity contribution < 1.29 is 14.3 Å². The van der Waals surface area contributed by atoms with Gasteiger partial charge in [0.2, 0.25) is 11.6 Å². The van der Waals surface area contributed by atoms with Gasteiger partial charge in [-0.25, -0.2) is 0 Å². The second-order valence-corrected chi connectivity index (χ2v) is 4.62. The number of allylic oxidation sites excluding steroid dienone is 3. The normalized spacial score (nSPS) is 16.9. The van der Waals surface area contributed by atoms with Crippen molar-refractivity contribution in [2.75, 3.05) is 6.61 Å². The summed E-state index contributed by atoms with van der Waals surface area (Å²) in [5.41, 5.74) is 0. The third-order valence-electron chi connectivity index (χ3n) is 2.19. The highest BCUT2D eigenvalue weighted by Crippen LogP contribution is 2.31. The summed E-state index contributed by atoms with van der Waals surface area (Å²) in [6.07, 6.45) is 2.77. The third kappa shape index (κ3) is 3.24. The maximum Gasteiger partial charge on any atom is 0.242 e. The number of hydrogen-bond donors (Lipinski definition) is 0. The van der Waals surface area contributed by atoms with Crippen molar-refractivity contribution in [3.05, 3.63) is 20.9 Å². The average Bonchev–Trinajstić information content (AvgIpc) is 2.33. The van der Waals surface area contributed by atoms with Gasteiger partial charge >= 0.3 is 0 Å². The fourth-order valence-electron chi connectivity index (χ4n) is 1.25. The van der Waals surface area contributed by atoms with Gasteiger partial charge in [-0.05, 0) is 6.42 Å². The number of rotatable bonds is 5. The van der Waals surface area contributed by atoms with Gasteiger partial charge < -0.3 is 4.74 Å². The van der Waals surface area contributed by atoms with E-state index < -0.39 is 11.6 Å². The average molecular weight is 298 g/mol. The monoisotopic (exact) mass is 296 g/mol. The van der Waals surface area contributed by atoms with Gasteiger partial charge in [-0.3, -0.25) is 9.59 Å². The Balaban J connectivity index is 2.77. The highest BCUT2D eigenvalue weighted by molar-refractivity contribution is 6.64. The molecule has 0 aliphatic heterocycles. The fourth-order valence-corrected chi connectivity index (χ4v) is 1.89. The highest BCUT2D eigenvalue weighted by atomic mass is 35.5. The molecular weight excluding hydrogens is 286 g/mol. The second kappa shape index (κ2) is 6.43. The first-order valence-electron chi connectivity index (χ1n) is 5.18. The molecule has 17 heavy (non-hydrogen) atoms. The lowest BCUT2D eigenvalue weighted by Gasteiger charge is -2.15. The largest absolute Gasteiger partial charge is 0.488 e. The lowest BCUT2D eigenvalue weighted by molar-refractivity contribution is -0.118. The van der Waals surface area contributed by atoms with E-state index in [1.807, 2.05) is 6.92 Å². The van der Waals surface area contributed by atoms with Crippen LogP contribution in [0.2, 0.25) is 0 Å². The number of ether oxygens (including phenoxy) is 1. The molecular formula is C11H11Cl3O3. The quantitative estimate of drug-likeness (QED) is 0.576. The van der Waals surface area contributed by atoms with Crippen LogP contribution in [0.25, 0.3) is 0 Å². The number of carbonyl (C=O) groups is 2. The minimum atomic E-state index is -0.677. The van der Waals surface area contributed by atoms with E-state index in [9.17, 15) is 9.59 Å². The minimum absolute atomic E-state index is 0.206. The summed E-state index contributed by atoms with van der Waals surface area (Å²) in [4.78, 5) is 23.1. The summed E-state index contributed by atoms with van der Waals surface area (Å²) >= 11 is 16.9. The summed E-state index contributed by atoms with van der Waals surface area (Å²) in [7, 11) is 0. The zero-order valence-corrected chi connectivity index (χ0v) is 11.5. The number of ketones is 2. The molecule has 0 spiro atoms. The Morgan fingerprint density at radius 1 is 0.941 bits per heavy atom. The van der Waals surface area contributed by atoms with Crippen LogP contribution in [0.5, 0.6) is 0 Å². The van der Waals surface area contributed by atoms with Crippen LogP contribution < -0.4 is 0 Å². The number of unbranched alkanes of at least 4 members (excludes halogenated alkanes) is 2. The first-order chi connectivity index (χ1) is 8.00. The molecule has 0 aromatic carbocycles. The van der Waals surface area contributed by atoms with Crippen molar-refractivity contribution in [2.45, 2.75) is 26.2 Å². The second-order valence-electron chi connectivity index (χ2n) is 3.48. The van der Waals surface area contributed by atoms with E-state index in [4.69, 9.17) is 39.5 Å². The Morgan fingerprint density at radius 2 is 1.53 bits per heavy atom. The van der Waals surface area contributed by atoms with Crippen LogP contribution in [-0.2, 0) is 14.3 Å². The van der Waals surface area contributed by atoms with E-state index in [0.29, 0.717) is 6.61 Å². The molecule has 0 saturated heterocycles. The van der Waals surface area contributed by atoms with E-state index >= 15 is 0 Å². The molecule has 0 radical (unpaired) electrons. The lowest BCUT2D eigenvalue weighted by Crippen LogP contribution is -2.20. The molecule has 0 heterocycles. The molecule has 1 rings (SSSR count). The smallest absolute Gasteiger partial charge is 0.242 e. The van der Waals surface area contributed by atoms with E-state index in [-0.39, 0.29) is 20.9 Å². The van der Waals surface area contributed by atoms with Gasteiger partial charge in [-0.2, -0.15) is 0 Å². The zero-order valence-electron chi connectivity index (χ0n) is 9.19. The van der Waals surface area contributed by atoms with Crippen molar-refractivity contribution in [1.82, 2.24) is 0 Å². The summed E-state index contributed by atoms with van der Waals surface area (Å²) in [5.74, 6) is -1.52. The molecule has 0 atom stereocenters. The van der Waals surface area contributed by atoms with Crippen LogP contribution in [0.1, 0.15) is 26.2 Å². The molecule has 0 bridgehead atoms. The van der Waals surface area contributed by atoms with Crippen LogP contribution in [0.4, 0.5) is 0 Å². The molecule has 0 N–H and O–H groups in total. The molecule has 0 aromatic heterocycles. The maximum absolute atomic E-state index is 11.7. The molecule has 0 saturated carbocycles. The van der Waals surface area contributed by atoms with Crippen LogP contribution in [0.3, 0.4) is 0 Å². The Kier molecular flexibility index (Phi) is 5.50. The molecule has 1 aliphatic carbocycles. The van der Waals surface area contributed by atoms with Crippen molar-refractivity contribution in [3.63, 3.8) is 0 Å². The Hall–Kier alpha value is -0.510. The van der Waals surface area contributed by atoms with Crippen LogP contribution in [0, 0.1) is 0 Å². The van der Waals surface area contributed by atoms with Crippen LogP contribution >= 0.6 is 34.8 Å². The van der Waals surface area contributed by atoms with E-state index in [1.165, 1.54) is 0 Å². The topological polar surface area (TPSA) is 43.4 Å². The predicted octanol–water partition coefficient (Wildman–Crippen LogP) is 3.48. The molecule has 1 aliphatic rings. The Labute approximate surface area is 114 Å². The zero-order chi connectivity index (χ0) is 13.0. The number of carbonyl (C=O) groups excluding carboxylic acids is 2. The summed E-state index contributed by atoms with van der Waals surface area (Å²) in [5, 5.41) is -1.00. The minimum Gasteiger partial charge on any atom is -0.488 e. The molecule has 3 nitrogen and oxygen atoms in total. The highest BCUT2D eigenvalue weighted by Gasteiger charge is 2.33. The fraction of sp³-hybridized carbons (Fsp3) is 0.455. The van der Waals surface area contributed by atoms with E-state index in [0.717, 1.165) is 19.3 Å². The van der Waals surface area contributed by atoms with Gasteiger partial charge in [0.1, 0.15) is 15.1 Å². The molecule has 0 aromatic rings. The van der Waals surface area contributed by atoms with Gasteiger partial charge in [0.15, 0.2) is 5.76 Å². The van der Waals surface area contributed by atoms with Crippen molar-refractivity contribution in [2.24, 2.45) is 0 Å². The maximum atomic E-state index is 11.7. The van der Waals surface area contributed by atoms with Gasteiger partial charge in [-0.15, -0.1) is 0 Å². The Bertz CT molecular complexity index is 410. The molecule has 0 unspecified atom stereocenters. The summed E-state index contributed by atoms with van der Waals surface area (Å²) in [6.45, 7) is 2.36. The van der Waals surface area contributed by atoms with E-state index in [2.05, 4.69) is 0 Å². The standard InChI is InChI=1S/C11H11Cl3O3/c1-2-3-4-5-17-11-8(14)9(15)6(12)7(13)10(11)16/h2-5H2,1H3. The van der Waals surface area contributed by atoms with Crippen LogP contribution in [-0.4, -0.2) is 18.2 Å². The van der Waals surface area contributed by atoms with Crippen molar-refractivity contribution in [1.29, 1.82) is 0 Å². The lowest BCUT2D eigenvalue weighted by atomic mass is 10.1. The van der Waals surface area contributed by atoms with Crippen molar-refractivity contribution >= 4 is 46.4 Å². The Morgan fingerprint density at radius 3 is 2.12 bits per heavy atom. The third-order valence-corrected chi connectivity index (χ3v) is 3.35. The van der Waals surface area contributed by atoms with Crippen molar-refractivity contribution in [3.8, 4) is 0 Å².